The summed E-state index contributed by atoms with van der Waals surface area (Å²) in [5, 5.41) is 9.17. The van der Waals surface area contributed by atoms with Crippen molar-refractivity contribution in [2.45, 2.75) is 25.4 Å². The number of hydrogen-bond acceptors (Lipinski definition) is 2. The predicted octanol–water partition coefficient (Wildman–Crippen LogP) is 0.346. The van der Waals surface area contributed by atoms with Crippen molar-refractivity contribution < 1.29 is 9.90 Å². The van der Waals surface area contributed by atoms with Crippen molar-refractivity contribution in [2.75, 3.05) is 0 Å². The fraction of sp³-hybridized carbons (Fsp3) is 0.857. The normalized spacial score (nSPS) is 48.6. The molecule has 0 aromatic heterocycles. The van der Waals surface area contributed by atoms with Crippen LogP contribution < -0.4 is 0 Å². The van der Waals surface area contributed by atoms with E-state index in [1.54, 1.807) is 0 Å². The van der Waals surface area contributed by atoms with Gasteiger partial charge in [0.2, 0.25) is 0 Å². The van der Waals surface area contributed by atoms with Crippen molar-refractivity contribution >= 4 is 5.78 Å². The van der Waals surface area contributed by atoms with E-state index >= 15 is 0 Å². The van der Waals surface area contributed by atoms with Gasteiger partial charge in [-0.1, -0.05) is 0 Å². The SMILES string of the molecule is O=C1C2CCC(O)C1C2. The van der Waals surface area contributed by atoms with Gasteiger partial charge >= 0.3 is 0 Å². The average molecular weight is 126 g/mol. The zero-order valence-corrected chi connectivity index (χ0v) is 5.21. The van der Waals surface area contributed by atoms with Gasteiger partial charge in [0, 0.05) is 11.8 Å². The van der Waals surface area contributed by atoms with Crippen LogP contribution in [0.25, 0.3) is 0 Å². The van der Waals surface area contributed by atoms with Crippen LogP contribution in [0.3, 0.4) is 0 Å². The number of carbonyl (C=O) groups is 1. The van der Waals surface area contributed by atoms with E-state index < -0.39 is 0 Å². The third-order valence-electron chi connectivity index (χ3n) is 2.58. The van der Waals surface area contributed by atoms with Crippen LogP contribution in [0, 0.1) is 11.8 Å². The van der Waals surface area contributed by atoms with Crippen LogP contribution in [-0.4, -0.2) is 17.0 Å². The van der Waals surface area contributed by atoms with Gasteiger partial charge in [-0.15, -0.1) is 0 Å². The molecular weight excluding hydrogens is 116 g/mol. The molecule has 3 aliphatic rings. The number of aliphatic hydroxyl groups excluding tert-OH is 1. The largest absolute Gasteiger partial charge is 0.392 e. The van der Waals surface area contributed by atoms with Crippen molar-refractivity contribution in [3.63, 3.8) is 0 Å². The first-order valence-corrected chi connectivity index (χ1v) is 3.51. The molecule has 3 aliphatic carbocycles. The van der Waals surface area contributed by atoms with Gasteiger partial charge in [0.1, 0.15) is 5.78 Å². The molecule has 3 atom stereocenters. The quantitative estimate of drug-likeness (QED) is 0.508. The van der Waals surface area contributed by atoms with Crippen molar-refractivity contribution in [3.8, 4) is 0 Å². The highest BCUT2D eigenvalue weighted by Gasteiger charge is 2.47. The maximum absolute atomic E-state index is 10.9. The summed E-state index contributed by atoms with van der Waals surface area (Å²) in [6.07, 6.45) is 2.43. The highest BCUT2D eigenvalue weighted by Crippen LogP contribution is 2.42. The summed E-state index contributed by atoms with van der Waals surface area (Å²) < 4.78 is 0. The molecule has 2 heteroatoms. The van der Waals surface area contributed by atoms with E-state index in [2.05, 4.69) is 0 Å². The molecule has 3 saturated carbocycles. The maximum atomic E-state index is 10.9. The first-order valence-electron chi connectivity index (χ1n) is 3.51. The van der Waals surface area contributed by atoms with E-state index in [4.69, 9.17) is 5.11 Å². The lowest BCUT2D eigenvalue weighted by atomic mass is 9.63. The first-order chi connectivity index (χ1) is 4.29. The minimum atomic E-state index is -0.303. The van der Waals surface area contributed by atoms with Gasteiger partial charge in [-0.2, -0.15) is 0 Å². The molecule has 0 aromatic carbocycles. The third-order valence-corrected chi connectivity index (χ3v) is 2.58. The summed E-state index contributed by atoms with van der Waals surface area (Å²) in [6, 6.07) is 0. The Labute approximate surface area is 53.9 Å². The molecule has 2 nitrogen and oxygen atoms in total. The molecule has 0 aliphatic heterocycles. The molecule has 0 saturated heterocycles. The van der Waals surface area contributed by atoms with Crippen molar-refractivity contribution in [1.29, 1.82) is 0 Å². The fourth-order valence-corrected chi connectivity index (χ4v) is 1.86. The molecule has 50 valence electrons. The maximum Gasteiger partial charge on any atom is 0.141 e. The van der Waals surface area contributed by atoms with E-state index in [0.717, 1.165) is 19.3 Å². The zero-order chi connectivity index (χ0) is 6.43. The minimum absolute atomic E-state index is 0.0312. The third kappa shape index (κ3) is 0.568. The van der Waals surface area contributed by atoms with Crippen molar-refractivity contribution in [1.82, 2.24) is 0 Å². The average Bonchev–Trinajstić information content (AvgIpc) is 1.86. The molecule has 2 bridgehead atoms. The van der Waals surface area contributed by atoms with Gasteiger partial charge in [0.15, 0.2) is 0 Å². The Hall–Kier alpha value is -0.370. The van der Waals surface area contributed by atoms with E-state index in [1.165, 1.54) is 0 Å². The Morgan fingerprint density at radius 2 is 2.22 bits per heavy atom. The van der Waals surface area contributed by atoms with Crippen LogP contribution in [0.15, 0.2) is 0 Å². The van der Waals surface area contributed by atoms with Crippen LogP contribution >= 0.6 is 0 Å². The number of hydrogen-bond donors (Lipinski definition) is 1. The lowest BCUT2D eigenvalue weighted by molar-refractivity contribution is -0.148. The fourth-order valence-electron chi connectivity index (χ4n) is 1.86. The number of fused-ring (bicyclic) bond motifs is 2. The van der Waals surface area contributed by atoms with Gasteiger partial charge < -0.3 is 5.11 Å². The summed E-state index contributed by atoms with van der Waals surface area (Å²) in [5.41, 5.74) is 0. The first kappa shape index (κ1) is 5.42. The van der Waals surface area contributed by atoms with Gasteiger partial charge in [-0.3, -0.25) is 4.79 Å². The van der Waals surface area contributed by atoms with Crippen LogP contribution in [0.4, 0.5) is 0 Å². The number of Topliss-reactive ketones (excluding diaryl/α,β-unsaturated/α-hetero) is 1. The van der Waals surface area contributed by atoms with Crippen molar-refractivity contribution in [3.05, 3.63) is 0 Å². The monoisotopic (exact) mass is 126 g/mol. The Morgan fingerprint density at radius 1 is 1.44 bits per heavy atom. The molecule has 3 fully saturated rings. The summed E-state index contributed by atoms with van der Waals surface area (Å²) >= 11 is 0. The Morgan fingerprint density at radius 3 is 2.56 bits per heavy atom. The van der Waals surface area contributed by atoms with Gasteiger partial charge in [0.05, 0.1) is 6.10 Å². The summed E-state index contributed by atoms with van der Waals surface area (Å²) in [6.45, 7) is 0. The Balaban J connectivity index is 2.14. The Kier molecular flexibility index (Phi) is 0.943. The van der Waals surface area contributed by atoms with E-state index in [9.17, 15) is 4.79 Å². The summed E-state index contributed by atoms with van der Waals surface area (Å²) in [5.74, 6) is 0.677. The second kappa shape index (κ2) is 1.57. The molecule has 1 N–H and O–H groups in total. The molecule has 0 radical (unpaired) electrons. The predicted molar refractivity (Wildman–Crippen MR) is 31.8 cm³/mol. The highest BCUT2D eigenvalue weighted by atomic mass is 16.3. The molecular formula is C7H10O2. The lowest BCUT2D eigenvalue weighted by Gasteiger charge is -2.42. The van der Waals surface area contributed by atoms with E-state index in [1.807, 2.05) is 0 Å². The molecule has 0 aromatic rings. The second-order valence-corrected chi connectivity index (χ2v) is 3.09. The van der Waals surface area contributed by atoms with Crippen LogP contribution in [0.5, 0.6) is 0 Å². The van der Waals surface area contributed by atoms with Gasteiger partial charge in [-0.25, -0.2) is 0 Å². The lowest BCUT2D eigenvalue weighted by Crippen LogP contribution is -2.49. The summed E-state index contributed by atoms with van der Waals surface area (Å²) in [7, 11) is 0. The van der Waals surface area contributed by atoms with Crippen molar-refractivity contribution in [2.24, 2.45) is 11.8 Å². The number of rotatable bonds is 0. The standard InChI is InChI=1S/C7H10O2/c8-6-2-1-4-3-5(6)7(4)9/h4-6,8H,1-3H2. The zero-order valence-electron chi connectivity index (χ0n) is 5.21. The number of carbonyl (C=O) groups excluding carboxylic acids is 1. The van der Waals surface area contributed by atoms with Gasteiger partial charge in [-0.05, 0) is 19.3 Å². The molecule has 3 rings (SSSR count). The number of ketones is 1. The van der Waals surface area contributed by atoms with Crippen LogP contribution in [0.1, 0.15) is 19.3 Å². The molecule has 0 amide bonds. The van der Waals surface area contributed by atoms with Gasteiger partial charge in [0.25, 0.3) is 0 Å². The second-order valence-electron chi connectivity index (χ2n) is 3.09. The molecule has 0 heterocycles. The van der Waals surface area contributed by atoms with E-state index in [-0.39, 0.29) is 12.0 Å². The van der Waals surface area contributed by atoms with E-state index in [0.29, 0.717) is 11.7 Å². The Bertz CT molecular complexity index is 151. The molecule has 0 spiro atoms. The molecule has 9 heavy (non-hydrogen) atoms. The smallest absolute Gasteiger partial charge is 0.141 e. The molecule has 3 unspecified atom stereocenters. The van der Waals surface area contributed by atoms with Crippen LogP contribution in [0.2, 0.25) is 0 Å². The highest BCUT2D eigenvalue weighted by molar-refractivity contribution is 5.90. The minimum Gasteiger partial charge on any atom is -0.392 e. The summed E-state index contributed by atoms with van der Waals surface area (Å²) in [4.78, 5) is 10.9. The number of aliphatic hydroxyl groups is 1. The topological polar surface area (TPSA) is 37.3 Å². The van der Waals surface area contributed by atoms with Crippen LogP contribution in [-0.2, 0) is 4.79 Å².